The molecule has 0 atom stereocenters. The van der Waals surface area contributed by atoms with E-state index in [1.165, 1.54) is 5.56 Å². The fraction of sp³-hybridized carbons (Fsp3) is 0.0909. The minimum absolute atomic E-state index is 0. The van der Waals surface area contributed by atoms with Gasteiger partial charge in [0.05, 0.1) is 0 Å². The van der Waals surface area contributed by atoms with Gasteiger partial charge in [-0.25, -0.2) is 24.3 Å². The maximum atomic E-state index is 2.08. The molecule has 0 aromatic heterocycles. The molecular formula is C11H12Ni. The van der Waals surface area contributed by atoms with Gasteiger partial charge in [-0.15, -0.1) is 0 Å². The Morgan fingerprint density at radius 2 is 1.67 bits per heavy atom. The second kappa shape index (κ2) is 6.88. The number of hydrogen-bond donors (Lipinski definition) is 0. The summed E-state index contributed by atoms with van der Waals surface area (Å²) in [6.45, 7) is 2.08. The van der Waals surface area contributed by atoms with E-state index >= 15 is 0 Å². The zero-order chi connectivity index (χ0) is 7.94. The molecule has 0 saturated heterocycles. The van der Waals surface area contributed by atoms with Crippen LogP contribution in [0.25, 0.3) is 0 Å². The van der Waals surface area contributed by atoms with Gasteiger partial charge in [0.1, 0.15) is 0 Å². The van der Waals surface area contributed by atoms with Gasteiger partial charge in [-0.3, -0.25) is 0 Å². The quantitative estimate of drug-likeness (QED) is 0.455. The molecule has 0 radical (unpaired) electrons. The van der Waals surface area contributed by atoms with Crippen LogP contribution in [-0.2, 0) is 16.5 Å². The van der Waals surface area contributed by atoms with E-state index in [1.54, 1.807) is 0 Å². The van der Waals surface area contributed by atoms with Crippen LogP contribution in [0.5, 0.6) is 0 Å². The maximum Gasteiger partial charge on any atom is 2.00 e. The van der Waals surface area contributed by atoms with Gasteiger partial charge in [-0.05, 0) is 0 Å². The molecule has 0 heterocycles. The van der Waals surface area contributed by atoms with E-state index in [4.69, 9.17) is 0 Å². The van der Waals surface area contributed by atoms with Crippen molar-refractivity contribution in [2.75, 3.05) is 0 Å². The molecule has 0 unspecified atom stereocenters. The van der Waals surface area contributed by atoms with Crippen molar-refractivity contribution in [2.24, 2.45) is 0 Å². The number of rotatable bonds is 0. The topological polar surface area (TPSA) is 0 Å². The van der Waals surface area contributed by atoms with Gasteiger partial charge in [-0.2, -0.15) is 35.9 Å². The van der Waals surface area contributed by atoms with Crippen molar-refractivity contribution in [3.05, 3.63) is 60.2 Å². The Bertz CT molecular complexity index is 223. The van der Waals surface area contributed by atoms with E-state index in [2.05, 4.69) is 19.1 Å². The summed E-state index contributed by atoms with van der Waals surface area (Å²) in [5, 5.41) is 0. The van der Waals surface area contributed by atoms with Crippen LogP contribution in [-0.4, -0.2) is 0 Å². The molecule has 0 nitrogen and oxygen atoms in total. The van der Waals surface area contributed by atoms with Crippen LogP contribution < -0.4 is 0 Å². The monoisotopic (exact) mass is 202 g/mol. The Balaban J connectivity index is 0.000000189. The van der Waals surface area contributed by atoms with Crippen LogP contribution in [0.15, 0.2) is 54.6 Å². The first-order valence-corrected chi connectivity index (χ1v) is 3.74. The molecule has 0 saturated carbocycles. The Kier molecular flexibility index (Phi) is 6.41. The molecule has 0 bridgehead atoms. The van der Waals surface area contributed by atoms with E-state index in [1.807, 2.05) is 42.5 Å². The third-order valence-electron chi connectivity index (χ3n) is 1.38. The third kappa shape index (κ3) is 4.93. The standard InChI is InChI=1S/C6H7.C5H5.Ni/c1-6-4-2-3-5-6;1-2-4-5-3-1;/h2-5H,1H3;1-5H;/q2*-1;+2. The van der Waals surface area contributed by atoms with Gasteiger partial charge in [0.15, 0.2) is 0 Å². The zero-order valence-electron chi connectivity index (χ0n) is 7.01. The van der Waals surface area contributed by atoms with Crippen LogP contribution in [0, 0.1) is 6.92 Å². The first kappa shape index (κ1) is 11.2. The van der Waals surface area contributed by atoms with Gasteiger partial charge in [0.25, 0.3) is 0 Å². The summed E-state index contributed by atoms with van der Waals surface area (Å²) in [7, 11) is 0. The largest absolute Gasteiger partial charge is 2.00 e. The summed E-state index contributed by atoms with van der Waals surface area (Å²) in [5.74, 6) is 0. The summed E-state index contributed by atoms with van der Waals surface area (Å²) in [6, 6.07) is 18.2. The van der Waals surface area contributed by atoms with Crippen LogP contribution in [0.1, 0.15) is 5.56 Å². The summed E-state index contributed by atoms with van der Waals surface area (Å²) in [6.07, 6.45) is 0. The summed E-state index contributed by atoms with van der Waals surface area (Å²) in [4.78, 5) is 0. The molecule has 0 N–H and O–H groups in total. The maximum absolute atomic E-state index is 2.08. The Labute approximate surface area is 83.9 Å². The SMILES string of the molecule is Cc1ccc[cH-]1.[Ni+2].c1cc[cH-]c1. The van der Waals surface area contributed by atoms with Gasteiger partial charge in [0, 0.05) is 0 Å². The van der Waals surface area contributed by atoms with Gasteiger partial charge in [0.2, 0.25) is 0 Å². The average Bonchev–Trinajstić information content (AvgIpc) is 2.57. The van der Waals surface area contributed by atoms with Crippen molar-refractivity contribution in [3.8, 4) is 0 Å². The van der Waals surface area contributed by atoms with Crippen molar-refractivity contribution < 1.29 is 16.5 Å². The molecule has 1 heteroatoms. The van der Waals surface area contributed by atoms with Gasteiger partial charge < -0.3 is 0 Å². The molecule has 0 spiro atoms. The Morgan fingerprint density at radius 1 is 1.00 bits per heavy atom. The molecular weight excluding hydrogens is 191 g/mol. The van der Waals surface area contributed by atoms with Crippen molar-refractivity contribution in [3.63, 3.8) is 0 Å². The first-order valence-electron chi connectivity index (χ1n) is 3.74. The molecule has 0 fully saturated rings. The molecule has 2 rings (SSSR count). The molecule has 66 valence electrons. The Hall–Kier alpha value is -0.806. The fourth-order valence-corrected chi connectivity index (χ4v) is 0.791. The molecule has 0 aliphatic heterocycles. The Morgan fingerprint density at radius 3 is 1.83 bits per heavy atom. The van der Waals surface area contributed by atoms with Crippen LogP contribution in [0.2, 0.25) is 0 Å². The molecule has 0 aliphatic carbocycles. The van der Waals surface area contributed by atoms with E-state index < -0.39 is 0 Å². The smallest absolute Gasteiger partial charge is 0.214 e. The normalized spacial score (nSPS) is 7.75. The van der Waals surface area contributed by atoms with Crippen molar-refractivity contribution in [2.45, 2.75) is 6.92 Å². The third-order valence-corrected chi connectivity index (χ3v) is 1.38. The summed E-state index contributed by atoms with van der Waals surface area (Å²) >= 11 is 0. The predicted octanol–water partition coefficient (Wildman–Crippen LogP) is 3.12. The van der Waals surface area contributed by atoms with E-state index in [-0.39, 0.29) is 16.5 Å². The van der Waals surface area contributed by atoms with Gasteiger partial charge in [-0.1, -0.05) is 6.92 Å². The molecule has 12 heavy (non-hydrogen) atoms. The van der Waals surface area contributed by atoms with Crippen LogP contribution >= 0.6 is 0 Å². The number of aryl methyl sites for hydroxylation is 1. The second-order valence-corrected chi connectivity index (χ2v) is 2.42. The van der Waals surface area contributed by atoms with Crippen LogP contribution in [0.3, 0.4) is 0 Å². The second-order valence-electron chi connectivity index (χ2n) is 2.42. The molecule has 0 aliphatic rings. The molecule has 2 aromatic carbocycles. The first-order chi connectivity index (χ1) is 5.39. The minimum atomic E-state index is 0. The zero-order valence-corrected chi connectivity index (χ0v) is 8.00. The van der Waals surface area contributed by atoms with E-state index in [9.17, 15) is 0 Å². The summed E-state index contributed by atoms with van der Waals surface area (Å²) in [5.41, 5.74) is 1.34. The van der Waals surface area contributed by atoms with Crippen molar-refractivity contribution >= 4 is 0 Å². The van der Waals surface area contributed by atoms with E-state index in [0.717, 1.165) is 0 Å². The fourth-order valence-electron chi connectivity index (χ4n) is 0.791. The van der Waals surface area contributed by atoms with Gasteiger partial charge >= 0.3 is 16.5 Å². The number of hydrogen-bond acceptors (Lipinski definition) is 0. The van der Waals surface area contributed by atoms with Crippen molar-refractivity contribution in [1.29, 1.82) is 0 Å². The van der Waals surface area contributed by atoms with Crippen LogP contribution in [0.4, 0.5) is 0 Å². The predicted molar refractivity (Wildman–Crippen MR) is 48.8 cm³/mol. The minimum Gasteiger partial charge on any atom is -0.214 e. The molecule has 0 amide bonds. The van der Waals surface area contributed by atoms with E-state index in [0.29, 0.717) is 0 Å². The molecule has 2 aromatic rings. The summed E-state index contributed by atoms with van der Waals surface area (Å²) < 4.78 is 0. The average molecular weight is 203 g/mol. The van der Waals surface area contributed by atoms with Crippen molar-refractivity contribution in [1.82, 2.24) is 0 Å².